The summed E-state index contributed by atoms with van der Waals surface area (Å²) in [6.07, 6.45) is -3.94. The fraction of sp³-hybridized carbons (Fsp3) is 0.286. The molecule has 0 heterocycles. The van der Waals surface area contributed by atoms with Crippen molar-refractivity contribution >= 4 is 50.7 Å². The lowest BCUT2D eigenvalue weighted by molar-refractivity contribution is -0.140. The molecule has 0 aromatic heterocycles. The molecule has 2 amide bonds. The largest absolute Gasteiger partial charge is 0.416 e. The van der Waals surface area contributed by atoms with Gasteiger partial charge in [0, 0.05) is 24.5 Å². The Morgan fingerprint density at radius 3 is 2.15 bits per heavy atom. The molecule has 41 heavy (non-hydrogen) atoms. The normalized spacial score (nSPS) is 12.5. The molecule has 0 spiro atoms. The lowest BCUT2D eigenvalue weighted by atomic mass is 10.0. The van der Waals surface area contributed by atoms with Gasteiger partial charge in [0.1, 0.15) is 12.6 Å². The Morgan fingerprint density at radius 1 is 0.951 bits per heavy atom. The van der Waals surface area contributed by atoms with Crippen molar-refractivity contribution in [3.63, 3.8) is 0 Å². The van der Waals surface area contributed by atoms with Gasteiger partial charge < -0.3 is 10.2 Å². The summed E-state index contributed by atoms with van der Waals surface area (Å²) in [4.78, 5) is 28.4. The molecule has 3 rings (SSSR count). The standard InChI is InChI=1S/C28H28Cl2F3N3O4S/c1-3-34-27(38)25(15-19-7-5-4-6-8-19)35(17-20-9-12-22(29)13-10-20)26(37)18-36(41(2,39)40)24-16-21(28(31,32)33)11-14-23(24)30/h4-14,16,25H,3,15,17-18H2,1-2H3,(H,34,38). The lowest BCUT2D eigenvalue weighted by Crippen LogP contribution is -2.53. The second kappa shape index (κ2) is 13.6. The molecule has 0 fully saturated rings. The van der Waals surface area contributed by atoms with E-state index in [1.165, 1.54) is 4.90 Å². The van der Waals surface area contributed by atoms with Crippen LogP contribution in [0, 0.1) is 0 Å². The van der Waals surface area contributed by atoms with Gasteiger partial charge in [-0.2, -0.15) is 13.2 Å². The number of alkyl halides is 3. The summed E-state index contributed by atoms with van der Waals surface area (Å²) in [5, 5.41) is 2.85. The molecule has 3 aromatic rings. The summed E-state index contributed by atoms with van der Waals surface area (Å²) in [5.74, 6) is -1.31. The third kappa shape index (κ3) is 8.85. The molecule has 0 aliphatic heterocycles. The first-order valence-corrected chi connectivity index (χ1v) is 15.0. The molecule has 1 atom stereocenters. The van der Waals surface area contributed by atoms with E-state index in [0.717, 1.165) is 17.9 Å². The highest BCUT2D eigenvalue weighted by molar-refractivity contribution is 7.92. The molecule has 0 radical (unpaired) electrons. The molecule has 13 heteroatoms. The van der Waals surface area contributed by atoms with Gasteiger partial charge in [0.2, 0.25) is 21.8 Å². The fourth-order valence-corrected chi connectivity index (χ4v) is 5.36. The van der Waals surface area contributed by atoms with Crippen molar-refractivity contribution in [1.82, 2.24) is 10.2 Å². The summed E-state index contributed by atoms with van der Waals surface area (Å²) in [6.45, 7) is 0.961. The van der Waals surface area contributed by atoms with Crippen molar-refractivity contribution < 1.29 is 31.2 Å². The molecule has 0 saturated carbocycles. The molecular formula is C28H28Cl2F3N3O4S. The van der Waals surface area contributed by atoms with Gasteiger partial charge in [-0.3, -0.25) is 13.9 Å². The van der Waals surface area contributed by atoms with Gasteiger partial charge >= 0.3 is 6.18 Å². The summed E-state index contributed by atoms with van der Waals surface area (Å²) in [6, 6.07) is 16.5. The molecule has 0 aliphatic rings. The van der Waals surface area contributed by atoms with Crippen molar-refractivity contribution in [2.45, 2.75) is 32.1 Å². The Balaban J connectivity index is 2.09. The number of likely N-dealkylation sites (N-methyl/N-ethyl adjacent to an activating group) is 1. The second-order valence-electron chi connectivity index (χ2n) is 9.18. The summed E-state index contributed by atoms with van der Waals surface area (Å²) in [7, 11) is -4.31. The zero-order chi connectivity index (χ0) is 30.4. The van der Waals surface area contributed by atoms with Crippen LogP contribution in [0.3, 0.4) is 0 Å². The van der Waals surface area contributed by atoms with Gasteiger partial charge in [0.05, 0.1) is 22.5 Å². The minimum atomic E-state index is -4.79. The van der Waals surface area contributed by atoms with E-state index in [4.69, 9.17) is 23.2 Å². The van der Waals surface area contributed by atoms with E-state index in [9.17, 15) is 31.2 Å². The van der Waals surface area contributed by atoms with Crippen LogP contribution < -0.4 is 9.62 Å². The van der Waals surface area contributed by atoms with Crippen molar-refractivity contribution in [3.05, 3.63) is 99.5 Å². The lowest BCUT2D eigenvalue weighted by Gasteiger charge is -2.33. The number of carbonyl (C=O) groups excluding carboxylic acids is 2. The quantitative estimate of drug-likeness (QED) is 0.301. The molecule has 1 unspecified atom stereocenters. The minimum absolute atomic E-state index is 0.0925. The van der Waals surface area contributed by atoms with Crippen LogP contribution in [0.15, 0.2) is 72.8 Å². The van der Waals surface area contributed by atoms with E-state index in [-0.39, 0.29) is 24.5 Å². The van der Waals surface area contributed by atoms with Crippen LogP contribution in [0.25, 0.3) is 0 Å². The average molecular weight is 631 g/mol. The number of nitrogens with zero attached hydrogens (tertiary/aromatic N) is 2. The Labute approximate surface area is 246 Å². The zero-order valence-corrected chi connectivity index (χ0v) is 24.5. The van der Waals surface area contributed by atoms with Crippen LogP contribution in [0.5, 0.6) is 0 Å². The average Bonchev–Trinajstić information content (AvgIpc) is 2.90. The fourth-order valence-electron chi connectivity index (χ4n) is 4.11. The number of benzene rings is 3. The number of rotatable bonds is 11. The first-order valence-electron chi connectivity index (χ1n) is 12.4. The van der Waals surface area contributed by atoms with Crippen molar-refractivity contribution in [1.29, 1.82) is 0 Å². The predicted molar refractivity (Wildman–Crippen MR) is 153 cm³/mol. The topological polar surface area (TPSA) is 86.8 Å². The van der Waals surface area contributed by atoms with Crippen LogP contribution in [0.2, 0.25) is 10.0 Å². The highest BCUT2D eigenvalue weighted by Crippen LogP contribution is 2.36. The van der Waals surface area contributed by atoms with E-state index in [2.05, 4.69) is 5.32 Å². The van der Waals surface area contributed by atoms with Gasteiger partial charge in [-0.05, 0) is 48.4 Å². The van der Waals surface area contributed by atoms with Crippen molar-refractivity contribution in [3.8, 4) is 0 Å². The number of amides is 2. The Bertz CT molecular complexity index is 1470. The van der Waals surface area contributed by atoms with Crippen molar-refractivity contribution in [2.75, 3.05) is 23.7 Å². The van der Waals surface area contributed by atoms with E-state index < -0.39 is 51.9 Å². The number of hydrogen-bond acceptors (Lipinski definition) is 4. The highest BCUT2D eigenvalue weighted by atomic mass is 35.5. The zero-order valence-electron chi connectivity index (χ0n) is 22.2. The van der Waals surface area contributed by atoms with Crippen LogP contribution in [-0.4, -0.2) is 50.5 Å². The van der Waals surface area contributed by atoms with Crippen LogP contribution in [0.1, 0.15) is 23.6 Å². The molecule has 7 nitrogen and oxygen atoms in total. The van der Waals surface area contributed by atoms with Gasteiger partial charge in [0.25, 0.3) is 0 Å². The predicted octanol–water partition coefficient (Wildman–Crippen LogP) is 5.55. The summed E-state index contributed by atoms with van der Waals surface area (Å²) >= 11 is 12.1. The number of anilines is 1. The van der Waals surface area contributed by atoms with Crippen LogP contribution >= 0.6 is 23.2 Å². The van der Waals surface area contributed by atoms with Gasteiger partial charge in [-0.25, -0.2) is 8.42 Å². The summed E-state index contributed by atoms with van der Waals surface area (Å²) < 4.78 is 66.5. The number of halogens is 5. The Hall–Kier alpha value is -3.28. The monoisotopic (exact) mass is 629 g/mol. The molecule has 3 aromatic carbocycles. The third-order valence-corrected chi connectivity index (χ3v) is 7.81. The smallest absolute Gasteiger partial charge is 0.355 e. The van der Waals surface area contributed by atoms with Crippen LogP contribution in [0.4, 0.5) is 18.9 Å². The second-order valence-corrected chi connectivity index (χ2v) is 11.9. The Morgan fingerprint density at radius 2 is 1.59 bits per heavy atom. The minimum Gasteiger partial charge on any atom is -0.355 e. The van der Waals surface area contributed by atoms with Crippen molar-refractivity contribution in [2.24, 2.45) is 0 Å². The highest BCUT2D eigenvalue weighted by Gasteiger charge is 2.35. The molecule has 220 valence electrons. The molecule has 1 N–H and O–H groups in total. The van der Waals surface area contributed by atoms with Gasteiger partial charge in [-0.15, -0.1) is 0 Å². The SMILES string of the molecule is CCNC(=O)C(Cc1ccccc1)N(Cc1ccc(Cl)cc1)C(=O)CN(c1cc(C(F)(F)F)ccc1Cl)S(C)(=O)=O. The number of sulfonamides is 1. The molecule has 0 aliphatic carbocycles. The first kappa shape index (κ1) is 32.2. The molecule has 0 bridgehead atoms. The third-order valence-electron chi connectivity index (χ3n) is 6.11. The van der Waals surface area contributed by atoms with Gasteiger partial charge in [0.15, 0.2) is 0 Å². The van der Waals surface area contributed by atoms with E-state index >= 15 is 0 Å². The first-order chi connectivity index (χ1) is 19.2. The number of hydrogen-bond donors (Lipinski definition) is 1. The maximum atomic E-state index is 13.9. The Kier molecular flexibility index (Phi) is 10.7. The van der Waals surface area contributed by atoms with Crippen LogP contribution in [-0.2, 0) is 38.8 Å². The van der Waals surface area contributed by atoms with E-state index in [0.29, 0.717) is 27.0 Å². The molecular weight excluding hydrogens is 602 g/mol. The maximum absolute atomic E-state index is 13.9. The maximum Gasteiger partial charge on any atom is 0.416 e. The molecule has 0 saturated heterocycles. The van der Waals surface area contributed by atoms with E-state index in [1.807, 2.05) is 0 Å². The number of carbonyl (C=O) groups is 2. The number of nitrogens with one attached hydrogen (secondary N) is 1. The van der Waals surface area contributed by atoms with E-state index in [1.54, 1.807) is 61.5 Å². The summed E-state index contributed by atoms with van der Waals surface area (Å²) in [5.41, 5.74) is -0.326. The van der Waals surface area contributed by atoms with Gasteiger partial charge in [-0.1, -0.05) is 65.7 Å².